The molecule has 3 fully saturated rings. The Morgan fingerprint density at radius 2 is 1.27 bits per heavy atom. The van der Waals surface area contributed by atoms with Gasteiger partial charge < -0.3 is 4.74 Å². The van der Waals surface area contributed by atoms with Crippen LogP contribution in [0.3, 0.4) is 0 Å². The van der Waals surface area contributed by atoms with E-state index in [2.05, 4.69) is 13.8 Å². The molecule has 33 heavy (non-hydrogen) atoms. The van der Waals surface area contributed by atoms with Gasteiger partial charge in [0.15, 0.2) is 11.6 Å². The summed E-state index contributed by atoms with van der Waals surface area (Å²) in [7, 11) is 0. The average Bonchev–Trinajstić information content (AvgIpc) is 2.86. The van der Waals surface area contributed by atoms with Crippen LogP contribution in [0, 0.1) is 41.2 Å². The van der Waals surface area contributed by atoms with Gasteiger partial charge in [0, 0.05) is 0 Å². The molecule has 0 unspecified atom stereocenters. The highest BCUT2D eigenvalue weighted by Crippen LogP contribution is 2.43. The van der Waals surface area contributed by atoms with Gasteiger partial charge in [-0.25, -0.2) is 4.39 Å². The molecule has 0 saturated heterocycles. The number of rotatable bonds is 8. The highest BCUT2D eigenvalue weighted by atomic mass is 19.2. The number of hydrogen-bond donors (Lipinski definition) is 0. The standard InChI is InChI=1S/C30H46F2O/c1-3-5-22-8-16-26(17-9-22)27-18-19-28(30(32)29(27)31)33-20-23-10-14-25(15-11-23)24-12-6-21(4-2)7-13-24/h18-19,21-26H,3-17,20H2,1-2H3. The van der Waals surface area contributed by atoms with E-state index in [9.17, 15) is 8.78 Å². The Balaban J connectivity index is 1.24. The van der Waals surface area contributed by atoms with Crippen molar-refractivity contribution < 1.29 is 13.5 Å². The molecule has 0 radical (unpaired) electrons. The molecular weight excluding hydrogens is 414 g/mol. The summed E-state index contributed by atoms with van der Waals surface area (Å²) in [6.07, 6.45) is 18.6. The summed E-state index contributed by atoms with van der Waals surface area (Å²) in [5, 5.41) is 0. The summed E-state index contributed by atoms with van der Waals surface area (Å²) in [5.41, 5.74) is 0.563. The summed E-state index contributed by atoms with van der Waals surface area (Å²) in [6, 6.07) is 3.48. The van der Waals surface area contributed by atoms with Crippen LogP contribution in [0.5, 0.6) is 5.75 Å². The van der Waals surface area contributed by atoms with Gasteiger partial charge in [0.2, 0.25) is 5.82 Å². The molecule has 0 bridgehead atoms. The van der Waals surface area contributed by atoms with Crippen LogP contribution in [0.4, 0.5) is 8.78 Å². The van der Waals surface area contributed by atoms with Gasteiger partial charge in [0.05, 0.1) is 6.61 Å². The van der Waals surface area contributed by atoms with Crippen molar-refractivity contribution in [2.45, 2.75) is 116 Å². The molecule has 0 heterocycles. The van der Waals surface area contributed by atoms with Crippen LogP contribution in [-0.4, -0.2) is 6.61 Å². The van der Waals surface area contributed by atoms with E-state index in [4.69, 9.17) is 4.74 Å². The maximum absolute atomic E-state index is 14.9. The third kappa shape index (κ3) is 6.31. The molecule has 3 heteroatoms. The lowest BCUT2D eigenvalue weighted by atomic mass is 9.69. The van der Waals surface area contributed by atoms with Gasteiger partial charge >= 0.3 is 0 Å². The molecule has 1 aromatic rings. The van der Waals surface area contributed by atoms with Crippen LogP contribution >= 0.6 is 0 Å². The van der Waals surface area contributed by atoms with Crippen molar-refractivity contribution in [3.63, 3.8) is 0 Å². The number of hydrogen-bond acceptors (Lipinski definition) is 1. The van der Waals surface area contributed by atoms with Crippen LogP contribution in [0.1, 0.15) is 122 Å². The SMILES string of the molecule is CCCC1CCC(c2ccc(OCC3CCC(C4CCC(CC)CC4)CC3)c(F)c2F)CC1. The van der Waals surface area contributed by atoms with Gasteiger partial charge in [0.25, 0.3) is 0 Å². The smallest absolute Gasteiger partial charge is 0.200 e. The van der Waals surface area contributed by atoms with Gasteiger partial charge in [-0.1, -0.05) is 52.0 Å². The third-order valence-corrected chi connectivity index (χ3v) is 9.56. The number of ether oxygens (including phenoxy) is 1. The molecule has 0 aromatic heterocycles. The molecule has 3 aliphatic rings. The first-order chi connectivity index (χ1) is 16.1. The fraction of sp³-hybridized carbons (Fsp3) is 0.800. The Hall–Kier alpha value is -1.12. The number of benzene rings is 1. The first-order valence-corrected chi connectivity index (χ1v) is 14.2. The fourth-order valence-electron chi connectivity index (χ4n) is 7.25. The Bertz CT molecular complexity index is 723. The normalized spacial score (nSPS) is 33.1. The average molecular weight is 461 g/mol. The highest BCUT2D eigenvalue weighted by molar-refractivity contribution is 5.33. The summed E-state index contributed by atoms with van der Waals surface area (Å²) in [5.74, 6) is 2.82. The minimum atomic E-state index is -0.774. The van der Waals surface area contributed by atoms with Crippen LogP contribution in [0.2, 0.25) is 0 Å². The predicted octanol–water partition coefficient (Wildman–Crippen LogP) is 9.44. The van der Waals surface area contributed by atoms with Crippen molar-refractivity contribution in [2.75, 3.05) is 6.61 Å². The Morgan fingerprint density at radius 1 is 0.697 bits per heavy atom. The maximum atomic E-state index is 14.9. The van der Waals surface area contributed by atoms with Crippen molar-refractivity contribution in [1.29, 1.82) is 0 Å². The molecule has 0 atom stereocenters. The maximum Gasteiger partial charge on any atom is 0.200 e. The second kappa shape index (κ2) is 12.0. The molecule has 186 valence electrons. The molecule has 1 nitrogen and oxygen atoms in total. The van der Waals surface area contributed by atoms with Crippen molar-refractivity contribution in [1.82, 2.24) is 0 Å². The van der Waals surface area contributed by atoms with E-state index in [1.54, 1.807) is 12.1 Å². The quantitative estimate of drug-likeness (QED) is 0.375. The lowest BCUT2D eigenvalue weighted by Gasteiger charge is -2.37. The molecule has 0 spiro atoms. The van der Waals surface area contributed by atoms with Crippen molar-refractivity contribution in [3.05, 3.63) is 29.3 Å². The van der Waals surface area contributed by atoms with Crippen molar-refractivity contribution in [3.8, 4) is 5.75 Å². The predicted molar refractivity (Wildman–Crippen MR) is 133 cm³/mol. The summed E-state index contributed by atoms with van der Waals surface area (Å²) in [4.78, 5) is 0. The first kappa shape index (κ1) is 25.0. The molecule has 4 rings (SSSR count). The van der Waals surface area contributed by atoms with Gasteiger partial charge in [-0.05, 0) is 111 Å². The van der Waals surface area contributed by atoms with Gasteiger partial charge in [-0.3, -0.25) is 0 Å². The minimum absolute atomic E-state index is 0.107. The van der Waals surface area contributed by atoms with Crippen LogP contribution in [0.25, 0.3) is 0 Å². The second-order valence-electron chi connectivity index (χ2n) is 11.6. The highest BCUT2D eigenvalue weighted by Gasteiger charge is 2.31. The third-order valence-electron chi connectivity index (χ3n) is 9.56. The lowest BCUT2D eigenvalue weighted by Crippen LogP contribution is -2.27. The van der Waals surface area contributed by atoms with Gasteiger partial charge in [0.1, 0.15) is 0 Å². The molecule has 0 amide bonds. The van der Waals surface area contributed by atoms with E-state index in [0.717, 1.165) is 49.4 Å². The minimum Gasteiger partial charge on any atom is -0.490 e. The van der Waals surface area contributed by atoms with Crippen molar-refractivity contribution >= 4 is 0 Å². The van der Waals surface area contributed by atoms with Crippen LogP contribution in [-0.2, 0) is 0 Å². The molecule has 0 aliphatic heterocycles. The molecule has 1 aromatic carbocycles. The number of halogens is 2. The lowest BCUT2D eigenvalue weighted by molar-refractivity contribution is 0.121. The van der Waals surface area contributed by atoms with Gasteiger partial charge in [-0.15, -0.1) is 0 Å². The zero-order valence-electron chi connectivity index (χ0n) is 21.1. The molecule has 0 N–H and O–H groups in total. The van der Waals surface area contributed by atoms with E-state index in [1.807, 2.05) is 0 Å². The summed E-state index contributed by atoms with van der Waals surface area (Å²) < 4.78 is 35.6. The first-order valence-electron chi connectivity index (χ1n) is 14.2. The van der Waals surface area contributed by atoms with Gasteiger partial charge in [-0.2, -0.15) is 4.39 Å². The summed E-state index contributed by atoms with van der Waals surface area (Å²) >= 11 is 0. The zero-order chi connectivity index (χ0) is 23.2. The zero-order valence-corrected chi connectivity index (χ0v) is 21.1. The monoisotopic (exact) mass is 460 g/mol. The largest absolute Gasteiger partial charge is 0.490 e. The van der Waals surface area contributed by atoms with E-state index in [1.165, 1.54) is 70.6 Å². The topological polar surface area (TPSA) is 9.23 Å². The van der Waals surface area contributed by atoms with E-state index in [0.29, 0.717) is 18.1 Å². The van der Waals surface area contributed by atoms with E-state index in [-0.39, 0.29) is 11.7 Å². The molecular formula is C30H46F2O. The Kier molecular flexibility index (Phi) is 9.11. The fourth-order valence-corrected chi connectivity index (χ4v) is 7.25. The Labute approximate surface area is 201 Å². The van der Waals surface area contributed by atoms with Crippen LogP contribution in [0.15, 0.2) is 12.1 Å². The van der Waals surface area contributed by atoms with Crippen LogP contribution < -0.4 is 4.74 Å². The Morgan fingerprint density at radius 3 is 1.85 bits per heavy atom. The summed E-state index contributed by atoms with van der Waals surface area (Å²) in [6.45, 7) is 5.08. The van der Waals surface area contributed by atoms with E-state index >= 15 is 0 Å². The molecule has 3 aliphatic carbocycles. The molecule has 3 saturated carbocycles. The van der Waals surface area contributed by atoms with Crippen molar-refractivity contribution in [2.24, 2.45) is 29.6 Å². The van der Waals surface area contributed by atoms with E-state index < -0.39 is 11.6 Å². The second-order valence-corrected chi connectivity index (χ2v) is 11.6.